The van der Waals surface area contributed by atoms with Crippen molar-refractivity contribution in [2.75, 3.05) is 0 Å². The Morgan fingerprint density at radius 3 is 2.67 bits per heavy atom. The highest BCUT2D eigenvalue weighted by Gasteiger charge is 2.21. The summed E-state index contributed by atoms with van der Waals surface area (Å²) < 4.78 is 6.00. The van der Waals surface area contributed by atoms with Gasteiger partial charge in [-0.05, 0) is 55.7 Å². The fourth-order valence-corrected chi connectivity index (χ4v) is 2.50. The van der Waals surface area contributed by atoms with Crippen LogP contribution in [0.15, 0.2) is 36.4 Å². The van der Waals surface area contributed by atoms with Gasteiger partial charge in [0.1, 0.15) is 11.5 Å². The third-order valence-electron chi connectivity index (χ3n) is 3.58. The number of aryl methyl sites for hydroxylation is 1. The molecule has 21 heavy (non-hydrogen) atoms. The highest BCUT2D eigenvalue weighted by atomic mass is 35.5. The number of halogens is 2. The van der Waals surface area contributed by atoms with Crippen molar-refractivity contribution in [2.45, 2.75) is 32.4 Å². The van der Waals surface area contributed by atoms with E-state index in [-0.39, 0.29) is 0 Å². The molecule has 1 saturated carbocycles. The Morgan fingerprint density at radius 1 is 1.14 bits per heavy atom. The molecule has 1 aliphatic rings. The Bertz CT molecular complexity index is 653. The predicted molar refractivity (Wildman–Crippen MR) is 87.6 cm³/mol. The zero-order chi connectivity index (χ0) is 14.8. The lowest BCUT2D eigenvalue weighted by Crippen LogP contribution is -2.16. The lowest BCUT2D eigenvalue weighted by molar-refractivity contribution is 0.472. The van der Waals surface area contributed by atoms with Crippen LogP contribution in [0.5, 0.6) is 11.5 Å². The molecule has 0 aromatic heterocycles. The molecule has 0 amide bonds. The van der Waals surface area contributed by atoms with Crippen molar-refractivity contribution >= 4 is 23.2 Å². The van der Waals surface area contributed by atoms with E-state index >= 15 is 0 Å². The molecule has 110 valence electrons. The molecule has 0 unspecified atom stereocenters. The normalized spacial score (nSPS) is 14.2. The van der Waals surface area contributed by atoms with Crippen molar-refractivity contribution in [1.29, 1.82) is 0 Å². The summed E-state index contributed by atoms with van der Waals surface area (Å²) in [5, 5.41) is 4.94. The minimum Gasteiger partial charge on any atom is -0.457 e. The van der Waals surface area contributed by atoms with Gasteiger partial charge in [0, 0.05) is 28.2 Å². The molecule has 3 rings (SSSR count). The molecule has 2 nitrogen and oxygen atoms in total. The van der Waals surface area contributed by atoms with Crippen LogP contribution in [0.2, 0.25) is 10.0 Å². The first kappa shape index (κ1) is 14.7. The average Bonchev–Trinajstić information content (AvgIpc) is 3.26. The summed E-state index contributed by atoms with van der Waals surface area (Å²) in [6.45, 7) is 2.69. The second-order valence-corrected chi connectivity index (χ2v) is 6.20. The fraction of sp³-hybridized carbons (Fsp3) is 0.294. The number of benzene rings is 2. The Kier molecular flexibility index (Phi) is 4.39. The van der Waals surface area contributed by atoms with E-state index in [0.29, 0.717) is 6.04 Å². The number of hydrogen-bond donors (Lipinski definition) is 1. The lowest BCUT2D eigenvalue weighted by Gasteiger charge is -2.14. The van der Waals surface area contributed by atoms with Crippen LogP contribution in [0, 0.1) is 6.92 Å². The maximum Gasteiger partial charge on any atom is 0.133 e. The van der Waals surface area contributed by atoms with Crippen LogP contribution in [0.1, 0.15) is 24.0 Å². The van der Waals surface area contributed by atoms with Gasteiger partial charge in [-0.3, -0.25) is 0 Å². The second-order valence-electron chi connectivity index (χ2n) is 5.38. The first-order valence-electron chi connectivity index (χ1n) is 7.08. The summed E-state index contributed by atoms with van der Waals surface area (Å²) in [7, 11) is 0. The summed E-state index contributed by atoms with van der Waals surface area (Å²) in [5.74, 6) is 1.56. The summed E-state index contributed by atoms with van der Waals surface area (Å²) >= 11 is 12.4. The SMILES string of the molecule is Cc1cc(Oc2cccc(Cl)c2CNC2CC2)ccc1Cl. The zero-order valence-electron chi connectivity index (χ0n) is 11.8. The van der Waals surface area contributed by atoms with Crippen LogP contribution < -0.4 is 10.1 Å². The number of nitrogens with one attached hydrogen (secondary N) is 1. The molecule has 0 spiro atoms. The van der Waals surface area contributed by atoms with E-state index in [2.05, 4.69) is 5.32 Å². The Balaban J connectivity index is 1.82. The first-order valence-corrected chi connectivity index (χ1v) is 7.84. The van der Waals surface area contributed by atoms with Gasteiger partial charge in [-0.2, -0.15) is 0 Å². The van der Waals surface area contributed by atoms with E-state index in [0.717, 1.165) is 39.2 Å². The van der Waals surface area contributed by atoms with Gasteiger partial charge in [-0.25, -0.2) is 0 Å². The monoisotopic (exact) mass is 321 g/mol. The van der Waals surface area contributed by atoms with Gasteiger partial charge in [-0.1, -0.05) is 29.3 Å². The van der Waals surface area contributed by atoms with Gasteiger partial charge in [0.15, 0.2) is 0 Å². The quantitative estimate of drug-likeness (QED) is 0.801. The van der Waals surface area contributed by atoms with Crippen molar-refractivity contribution in [2.24, 2.45) is 0 Å². The Hall–Kier alpha value is -1.22. The molecular weight excluding hydrogens is 305 g/mol. The van der Waals surface area contributed by atoms with Gasteiger partial charge in [0.25, 0.3) is 0 Å². The molecule has 2 aromatic rings. The molecular formula is C17H17Cl2NO. The highest BCUT2D eigenvalue weighted by Crippen LogP contribution is 2.32. The van der Waals surface area contributed by atoms with Gasteiger partial charge in [0.05, 0.1) is 0 Å². The molecule has 1 fully saturated rings. The Morgan fingerprint density at radius 2 is 1.95 bits per heavy atom. The van der Waals surface area contributed by atoms with E-state index in [1.54, 1.807) is 0 Å². The number of rotatable bonds is 5. The topological polar surface area (TPSA) is 21.3 Å². The molecule has 2 aromatic carbocycles. The molecule has 4 heteroatoms. The summed E-state index contributed by atoms with van der Waals surface area (Å²) in [6, 6.07) is 12.0. The van der Waals surface area contributed by atoms with E-state index < -0.39 is 0 Å². The lowest BCUT2D eigenvalue weighted by atomic mass is 10.2. The zero-order valence-corrected chi connectivity index (χ0v) is 13.3. The molecule has 0 radical (unpaired) electrons. The van der Waals surface area contributed by atoms with Gasteiger partial charge in [-0.15, -0.1) is 0 Å². The molecule has 0 bridgehead atoms. The van der Waals surface area contributed by atoms with E-state index in [9.17, 15) is 0 Å². The van der Waals surface area contributed by atoms with Crippen molar-refractivity contribution in [3.8, 4) is 11.5 Å². The van der Waals surface area contributed by atoms with Crippen molar-refractivity contribution in [3.63, 3.8) is 0 Å². The van der Waals surface area contributed by atoms with E-state index in [4.69, 9.17) is 27.9 Å². The third-order valence-corrected chi connectivity index (χ3v) is 4.36. The molecule has 0 aliphatic heterocycles. The largest absolute Gasteiger partial charge is 0.457 e. The molecule has 0 saturated heterocycles. The fourth-order valence-electron chi connectivity index (χ4n) is 2.15. The van der Waals surface area contributed by atoms with E-state index in [1.807, 2.05) is 43.3 Å². The van der Waals surface area contributed by atoms with Gasteiger partial charge < -0.3 is 10.1 Å². The average molecular weight is 322 g/mol. The molecule has 0 heterocycles. The maximum absolute atomic E-state index is 6.31. The summed E-state index contributed by atoms with van der Waals surface area (Å²) in [6.07, 6.45) is 2.49. The van der Waals surface area contributed by atoms with Crippen LogP contribution >= 0.6 is 23.2 Å². The van der Waals surface area contributed by atoms with Crippen molar-refractivity contribution in [1.82, 2.24) is 5.32 Å². The Labute approximate surface area is 135 Å². The predicted octanol–water partition coefficient (Wildman–Crippen LogP) is 5.35. The minimum atomic E-state index is 0.631. The summed E-state index contributed by atoms with van der Waals surface area (Å²) in [4.78, 5) is 0. The molecule has 1 N–H and O–H groups in total. The summed E-state index contributed by atoms with van der Waals surface area (Å²) in [5.41, 5.74) is 1.99. The second kappa shape index (κ2) is 6.27. The maximum atomic E-state index is 6.31. The number of hydrogen-bond acceptors (Lipinski definition) is 2. The molecule has 0 atom stereocenters. The van der Waals surface area contributed by atoms with Gasteiger partial charge in [0.2, 0.25) is 0 Å². The minimum absolute atomic E-state index is 0.631. The standard InChI is InChI=1S/C17H17Cl2NO/c1-11-9-13(7-8-15(11)18)21-17-4-2-3-16(19)14(17)10-20-12-5-6-12/h2-4,7-9,12,20H,5-6,10H2,1H3. The van der Waals surface area contributed by atoms with Crippen molar-refractivity contribution < 1.29 is 4.74 Å². The van der Waals surface area contributed by atoms with Crippen LogP contribution in [0.3, 0.4) is 0 Å². The van der Waals surface area contributed by atoms with Crippen LogP contribution in [-0.2, 0) is 6.54 Å². The first-order chi connectivity index (χ1) is 10.1. The van der Waals surface area contributed by atoms with Crippen molar-refractivity contribution in [3.05, 3.63) is 57.6 Å². The number of ether oxygens (including phenoxy) is 1. The van der Waals surface area contributed by atoms with Gasteiger partial charge >= 0.3 is 0 Å². The smallest absolute Gasteiger partial charge is 0.133 e. The van der Waals surface area contributed by atoms with Crippen LogP contribution in [-0.4, -0.2) is 6.04 Å². The highest BCUT2D eigenvalue weighted by molar-refractivity contribution is 6.31. The molecule has 1 aliphatic carbocycles. The van der Waals surface area contributed by atoms with E-state index in [1.165, 1.54) is 12.8 Å². The van der Waals surface area contributed by atoms with Crippen LogP contribution in [0.4, 0.5) is 0 Å². The van der Waals surface area contributed by atoms with Crippen LogP contribution in [0.25, 0.3) is 0 Å². The third kappa shape index (κ3) is 3.70.